The lowest BCUT2D eigenvalue weighted by Gasteiger charge is -2.30. The Hall–Kier alpha value is -3.02. The van der Waals surface area contributed by atoms with Crippen LogP contribution >= 0.6 is 0 Å². The van der Waals surface area contributed by atoms with Gasteiger partial charge in [0.15, 0.2) is 5.82 Å². The van der Waals surface area contributed by atoms with Crippen LogP contribution in [0.3, 0.4) is 0 Å². The molecule has 0 fully saturated rings. The molecule has 1 aliphatic rings. The van der Waals surface area contributed by atoms with Gasteiger partial charge in [-0.05, 0) is 24.3 Å². The molecule has 6 heteroatoms. The number of nitrogens with one attached hydrogen (secondary N) is 1. The van der Waals surface area contributed by atoms with E-state index >= 15 is 0 Å². The maximum Gasteiger partial charge on any atom is 0.152 e. The quantitative estimate of drug-likeness (QED) is 0.476. The van der Waals surface area contributed by atoms with E-state index < -0.39 is 6.02 Å². The Labute approximate surface area is 116 Å². The molecule has 0 saturated heterocycles. The topological polar surface area (TPSA) is 86.6 Å². The van der Waals surface area contributed by atoms with E-state index in [0.29, 0.717) is 23.6 Å². The van der Waals surface area contributed by atoms with Crippen LogP contribution in [0.4, 0.5) is 5.82 Å². The van der Waals surface area contributed by atoms with Gasteiger partial charge in [0.05, 0.1) is 6.02 Å². The summed E-state index contributed by atoms with van der Waals surface area (Å²) in [4.78, 5) is 9.00. The van der Waals surface area contributed by atoms with Gasteiger partial charge in [-0.15, -0.1) is 6.26 Å². The van der Waals surface area contributed by atoms with Crippen LogP contribution in [0.25, 0.3) is 0 Å². The number of pyridine rings is 1. The molecular formula is C14H12N4O2-2. The highest BCUT2D eigenvalue weighted by atomic mass is 16.3. The number of allylic oxidation sites excluding steroid dienone is 3. The zero-order valence-corrected chi connectivity index (χ0v) is 10.6. The maximum atomic E-state index is 12.1. The van der Waals surface area contributed by atoms with Gasteiger partial charge in [-0.2, -0.15) is 0 Å². The molecule has 2 rings (SSSR count). The lowest BCUT2D eigenvalue weighted by Crippen LogP contribution is -2.40. The molecule has 2 heterocycles. The summed E-state index contributed by atoms with van der Waals surface area (Å²) in [6.45, 7) is 3.57. The van der Waals surface area contributed by atoms with E-state index in [2.05, 4.69) is 21.9 Å². The third-order valence-electron chi connectivity index (χ3n) is 2.44. The molecule has 0 aromatic carbocycles. The smallest absolute Gasteiger partial charge is 0.152 e. The van der Waals surface area contributed by atoms with Crippen LogP contribution in [-0.2, 0) is 0 Å². The zero-order chi connectivity index (χ0) is 14.4. The number of amidine groups is 1. The molecule has 20 heavy (non-hydrogen) atoms. The fraction of sp³-hybridized carbons (Fsp3) is 0. The number of rotatable bonds is 3. The first kappa shape index (κ1) is 13.4. The first-order valence-corrected chi connectivity index (χ1v) is 5.80. The first-order chi connectivity index (χ1) is 9.74. The average Bonchev–Trinajstić information content (AvgIpc) is 2.49. The second kappa shape index (κ2) is 6.24. The van der Waals surface area contributed by atoms with Crippen molar-refractivity contribution in [3.05, 3.63) is 73.2 Å². The summed E-state index contributed by atoms with van der Waals surface area (Å²) in [6.07, 6.45) is 8.41. The number of aliphatic imine (C=N–C) groups is 1. The Morgan fingerprint density at radius 3 is 2.95 bits per heavy atom. The number of hydrogen-bond donors (Lipinski definition) is 1. The lowest BCUT2D eigenvalue weighted by atomic mass is 10.3. The van der Waals surface area contributed by atoms with Gasteiger partial charge in [-0.3, -0.25) is 0 Å². The van der Waals surface area contributed by atoms with E-state index in [-0.39, 0.29) is 0 Å². The van der Waals surface area contributed by atoms with Crippen molar-refractivity contribution in [2.24, 2.45) is 4.99 Å². The van der Waals surface area contributed by atoms with Gasteiger partial charge < -0.3 is 20.4 Å². The number of aromatic nitrogens is 1. The normalized spacial score (nSPS) is 16.5. The van der Waals surface area contributed by atoms with Crippen LogP contribution in [0.2, 0.25) is 0 Å². The fourth-order valence-electron chi connectivity index (χ4n) is 1.53. The van der Waals surface area contributed by atoms with Crippen LogP contribution in [0.1, 0.15) is 0 Å². The summed E-state index contributed by atoms with van der Waals surface area (Å²) in [5.74, 6) is 0.699. The minimum atomic E-state index is -0.557. The molecular weight excluding hydrogens is 256 g/mol. The maximum absolute atomic E-state index is 12.1. The summed E-state index contributed by atoms with van der Waals surface area (Å²) in [6, 6.07) is 4.52. The molecule has 0 radical (unpaired) electrons. The van der Waals surface area contributed by atoms with E-state index in [1.54, 1.807) is 42.6 Å². The second-order valence-electron chi connectivity index (χ2n) is 3.74. The van der Waals surface area contributed by atoms with Crippen molar-refractivity contribution in [2.45, 2.75) is 0 Å². The Balaban J connectivity index is 2.25. The highest BCUT2D eigenvalue weighted by Crippen LogP contribution is 2.12. The summed E-state index contributed by atoms with van der Waals surface area (Å²) < 4.78 is 0. The van der Waals surface area contributed by atoms with Gasteiger partial charge in [-0.25, -0.2) is 9.98 Å². The summed E-state index contributed by atoms with van der Waals surface area (Å²) in [7, 11) is 0. The van der Waals surface area contributed by atoms with Crippen molar-refractivity contribution in [3.8, 4) is 0 Å². The molecule has 0 amide bonds. The minimum Gasteiger partial charge on any atom is -0.876 e. The summed E-state index contributed by atoms with van der Waals surface area (Å²) in [5.41, 5.74) is 0.347. The lowest BCUT2D eigenvalue weighted by molar-refractivity contribution is -0.276. The standard InChI is InChI=1S/C14H14N4O2/c1-2-18(13-8-5-6-11(10-19)16-13)14(20)17-12-7-3-4-9-15-12/h2-10,16,19H,1H2,(H,15,17,20)/p-2. The molecule has 1 N–H and O–H groups in total. The zero-order valence-electron chi connectivity index (χ0n) is 10.6. The van der Waals surface area contributed by atoms with E-state index in [1.165, 1.54) is 11.1 Å². The van der Waals surface area contributed by atoms with E-state index in [9.17, 15) is 10.2 Å². The molecule has 0 unspecified atom stereocenters. The SMILES string of the molecule is C=CN(C1=CC=CC(=C[O-])N1)C([O-])=Nc1ccccn1. The molecule has 0 aliphatic carbocycles. The van der Waals surface area contributed by atoms with E-state index in [0.717, 1.165) is 0 Å². The van der Waals surface area contributed by atoms with Crippen LogP contribution < -0.4 is 15.5 Å². The van der Waals surface area contributed by atoms with Crippen LogP contribution in [0.15, 0.2) is 78.2 Å². The van der Waals surface area contributed by atoms with Crippen molar-refractivity contribution in [1.29, 1.82) is 0 Å². The van der Waals surface area contributed by atoms with Crippen LogP contribution in [-0.4, -0.2) is 15.9 Å². The molecule has 1 aromatic heterocycles. The number of nitrogens with zero attached hydrogens (tertiary/aromatic N) is 3. The average molecular weight is 268 g/mol. The molecule has 0 saturated carbocycles. The van der Waals surface area contributed by atoms with Crippen molar-refractivity contribution in [1.82, 2.24) is 15.2 Å². The third-order valence-corrected chi connectivity index (χ3v) is 2.44. The van der Waals surface area contributed by atoms with E-state index in [1.807, 2.05) is 0 Å². The predicted octanol–water partition coefficient (Wildman–Crippen LogP) is 0.0774. The van der Waals surface area contributed by atoms with Crippen LogP contribution in [0, 0.1) is 0 Å². The van der Waals surface area contributed by atoms with Crippen molar-refractivity contribution >= 4 is 11.8 Å². The van der Waals surface area contributed by atoms with Crippen molar-refractivity contribution in [2.75, 3.05) is 0 Å². The third kappa shape index (κ3) is 3.05. The molecule has 0 bridgehead atoms. The molecule has 102 valence electrons. The van der Waals surface area contributed by atoms with Crippen LogP contribution in [0.5, 0.6) is 0 Å². The second-order valence-corrected chi connectivity index (χ2v) is 3.74. The molecule has 1 aromatic rings. The van der Waals surface area contributed by atoms with Gasteiger partial charge in [0, 0.05) is 18.1 Å². The Bertz CT molecular complexity index is 603. The predicted molar refractivity (Wildman–Crippen MR) is 71.8 cm³/mol. The summed E-state index contributed by atoms with van der Waals surface area (Å²) >= 11 is 0. The highest BCUT2D eigenvalue weighted by Gasteiger charge is 2.09. The molecule has 6 nitrogen and oxygen atoms in total. The Morgan fingerprint density at radius 2 is 2.30 bits per heavy atom. The Kier molecular flexibility index (Phi) is 4.18. The van der Waals surface area contributed by atoms with Gasteiger partial charge in [0.1, 0.15) is 5.82 Å². The van der Waals surface area contributed by atoms with Gasteiger partial charge >= 0.3 is 0 Å². The molecule has 1 aliphatic heterocycles. The van der Waals surface area contributed by atoms with Gasteiger partial charge in [0.2, 0.25) is 0 Å². The number of hydrogen-bond acceptors (Lipinski definition) is 5. The summed E-state index contributed by atoms with van der Waals surface area (Å²) in [5, 5.41) is 25.6. The molecule has 0 spiro atoms. The first-order valence-electron chi connectivity index (χ1n) is 5.80. The fourth-order valence-corrected chi connectivity index (χ4v) is 1.53. The van der Waals surface area contributed by atoms with Gasteiger partial charge in [0.25, 0.3) is 0 Å². The largest absolute Gasteiger partial charge is 0.876 e. The van der Waals surface area contributed by atoms with Crippen molar-refractivity contribution < 1.29 is 10.2 Å². The number of dihydropyridines is 1. The molecule has 0 atom stereocenters. The highest BCUT2D eigenvalue weighted by molar-refractivity contribution is 5.75. The van der Waals surface area contributed by atoms with Gasteiger partial charge in [-0.1, -0.05) is 18.7 Å². The minimum absolute atomic E-state index is 0.302. The van der Waals surface area contributed by atoms with E-state index in [4.69, 9.17) is 0 Å². The van der Waals surface area contributed by atoms with Crippen molar-refractivity contribution in [3.63, 3.8) is 0 Å². The Morgan fingerprint density at radius 1 is 1.45 bits per heavy atom. The monoisotopic (exact) mass is 268 g/mol.